The molecule has 0 amide bonds. The zero-order chi connectivity index (χ0) is 47.8. The smallest absolute Gasteiger partial charge is 0.0541 e. The first kappa shape index (κ1) is 42.6. The lowest BCUT2D eigenvalue weighted by Gasteiger charge is -2.26. The van der Waals surface area contributed by atoms with Gasteiger partial charge >= 0.3 is 0 Å². The highest BCUT2D eigenvalue weighted by Gasteiger charge is 2.18. The number of para-hydroxylation sites is 3. The van der Waals surface area contributed by atoms with E-state index in [-0.39, 0.29) is 0 Å². The fourth-order valence-electron chi connectivity index (χ4n) is 10.6. The van der Waals surface area contributed by atoms with Gasteiger partial charge in [-0.3, -0.25) is 0 Å². The van der Waals surface area contributed by atoms with Crippen LogP contribution in [0.5, 0.6) is 0 Å². The zero-order valence-corrected chi connectivity index (χ0v) is 39.6. The minimum absolute atomic E-state index is 1.08. The molecule has 338 valence electrons. The Labute approximate surface area is 420 Å². The van der Waals surface area contributed by atoms with Crippen LogP contribution in [-0.2, 0) is 0 Å². The van der Waals surface area contributed by atoms with Crippen molar-refractivity contribution in [3.8, 4) is 72.4 Å². The number of anilines is 3. The molecule has 0 saturated heterocycles. The maximum atomic E-state index is 2.41. The number of hydrogen-bond acceptors (Lipinski definition) is 1. The van der Waals surface area contributed by atoms with Crippen molar-refractivity contribution in [1.29, 1.82) is 0 Å². The van der Waals surface area contributed by atoms with Crippen molar-refractivity contribution < 1.29 is 0 Å². The van der Waals surface area contributed by atoms with Gasteiger partial charge in [0, 0.05) is 33.4 Å². The second-order valence-electron chi connectivity index (χ2n) is 18.5. The normalized spacial score (nSPS) is 11.3. The van der Waals surface area contributed by atoms with Crippen molar-refractivity contribution in [2.45, 2.75) is 0 Å². The number of rotatable bonds is 10. The highest BCUT2D eigenvalue weighted by atomic mass is 15.1. The van der Waals surface area contributed by atoms with Crippen LogP contribution >= 0.6 is 0 Å². The summed E-state index contributed by atoms with van der Waals surface area (Å²) in [5, 5.41) is 5.02. The van der Waals surface area contributed by atoms with Crippen molar-refractivity contribution in [3.05, 3.63) is 291 Å². The maximum Gasteiger partial charge on any atom is 0.0541 e. The molecule has 12 aromatic carbocycles. The molecule has 0 spiro atoms. The molecule has 1 aromatic heterocycles. The summed E-state index contributed by atoms with van der Waals surface area (Å²) in [4.78, 5) is 2.37. The van der Waals surface area contributed by atoms with Gasteiger partial charge in [0.15, 0.2) is 0 Å². The standard InChI is InChI=1S/C70H48N2/c1-3-16-49(17-4-1)57-46-58(50-18-5-2-6-19-50)48-59(47-57)53-36-42-61(43-37-53)71(62-44-38-55(39-45-62)64-26-15-21-54-20-7-8-22-63(54)64)60-40-34-52(35-41-60)51-30-32-56(33-31-51)65-23-9-12-27-68(65)72-69-28-13-10-24-66(69)67-25-11-14-29-70(67)72/h1-48H. The van der Waals surface area contributed by atoms with Crippen LogP contribution in [0.1, 0.15) is 0 Å². The highest BCUT2D eigenvalue weighted by molar-refractivity contribution is 6.09. The summed E-state index contributed by atoms with van der Waals surface area (Å²) < 4.78 is 2.41. The van der Waals surface area contributed by atoms with Crippen LogP contribution in [0.4, 0.5) is 17.1 Å². The third-order valence-corrected chi connectivity index (χ3v) is 14.2. The number of benzene rings is 12. The van der Waals surface area contributed by atoms with Crippen LogP contribution in [0, 0.1) is 0 Å². The second-order valence-corrected chi connectivity index (χ2v) is 18.5. The minimum Gasteiger partial charge on any atom is -0.311 e. The van der Waals surface area contributed by atoms with E-state index < -0.39 is 0 Å². The van der Waals surface area contributed by atoms with E-state index in [1.807, 2.05) is 0 Å². The van der Waals surface area contributed by atoms with Crippen LogP contribution < -0.4 is 4.90 Å². The molecule has 0 atom stereocenters. The number of fused-ring (bicyclic) bond motifs is 4. The molecule has 0 aliphatic heterocycles. The predicted octanol–water partition coefficient (Wildman–Crippen LogP) is 19.4. The van der Waals surface area contributed by atoms with E-state index in [0.717, 1.165) is 28.2 Å². The fraction of sp³-hybridized carbons (Fsp3) is 0. The van der Waals surface area contributed by atoms with Crippen LogP contribution in [-0.4, -0.2) is 4.57 Å². The lowest BCUT2D eigenvalue weighted by atomic mass is 9.93. The molecule has 1 heterocycles. The Balaban J connectivity index is 0.853. The Morgan fingerprint density at radius 3 is 1.11 bits per heavy atom. The van der Waals surface area contributed by atoms with Gasteiger partial charge in [0.05, 0.1) is 16.7 Å². The molecular weight excluding hydrogens is 869 g/mol. The van der Waals surface area contributed by atoms with Crippen LogP contribution in [0.2, 0.25) is 0 Å². The van der Waals surface area contributed by atoms with E-state index in [2.05, 4.69) is 301 Å². The molecule has 13 rings (SSSR count). The first-order valence-corrected chi connectivity index (χ1v) is 24.7. The van der Waals surface area contributed by atoms with Gasteiger partial charge in [-0.15, -0.1) is 0 Å². The van der Waals surface area contributed by atoms with E-state index in [1.54, 1.807) is 0 Å². The van der Waals surface area contributed by atoms with Crippen LogP contribution in [0.25, 0.3) is 105 Å². The summed E-state index contributed by atoms with van der Waals surface area (Å²) in [7, 11) is 0. The first-order valence-electron chi connectivity index (χ1n) is 24.7. The predicted molar refractivity (Wildman–Crippen MR) is 306 cm³/mol. The maximum absolute atomic E-state index is 2.41. The molecule has 72 heavy (non-hydrogen) atoms. The largest absolute Gasteiger partial charge is 0.311 e. The quantitative estimate of drug-likeness (QED) is 0.133. The van der Waals surface area contributed by atoms with Crippen LogP contribution in [0.15, 0.2) is 291 Å². The van der Waals surface area contributed by atoms with Crippen molar-refractivity contribution in [3.63, 3.8) is 0 Å². The summed E-state index contributed by atoms with van der Waals surface area (Å²) >= 11 is 0. The Bertz CT molecular complexity index is 3920. The number of aromatic nitrogens is 1. The highest BCUT2D eigenvalue weighted by Crippen LogP contribution is 2.41. The molecule has 0 fully saturated rings. The Morgan fingerprint density at radius 1 is 0.222 bits per heavy atom. The molecule has 13 aromatic rings. The lowest BCUT2D eigenvalue weighted by Crippen LogP contribution is -2.09. The molecule has 2 nitrogen and oxygen atoms in total. The van der Waals surface area contributed by atoms with Gasteiger partial charge < -0.3 is 9.47 Å². The summed E-state index contributed by atoms with van der Waals surface area (Å²) in [5.74, 6) is 0. The summed E-state index contributed by atoms with van der Waals surface area (Å²) in [6.45, 7) is 0. The average Bonchev–Trinajstić information content (AvgIpc) is 3.80. The van der Waals surface area contributed by atoms with Crippen molar-refractivity contribution >= 4 is 49.6 Å². The van der Waals surface area contributed by atoms with Gasteiger partial charge in [0.1, 0.15) is 0 Å². The second kappa shape index (κ2) is 18.4. The zero-order valence-electron chi connectivity index (χ0n) is 39.6. The van der Waals surface area contributed by atoms with E-state index in [1.165, 1.54) is 93.9 Å². The summed E-state index contributed by atoms with van der Waals surface area (Å²) in [6, 6.07) is 106. The van der Waals surface area contributed by atoms with E-state index in [4.69, 9.17) is 0 Å². The molecule has 0 N–H and O–H groups in total. The fourth-order valence-corrected chi connectivity index (χ4v) is 10.6. The SMILES string of the molecule is c1ccc(-c2cc(-c3ccccc3)cc(-c3ccc(N(c4ccc(-c5ccc(-c6ccccc6-n6c7ccccc7c7ccccc76)cc5)cc4)c4ccc(-c5cccc6ccccc56)cc4)cc3)c2)cc1. The Morgan fingerprint density at radius 2 is 0.569 bits per heavy atom. The lowest BCUT2D eigenvalue weighted by molar-refractivity contribution is 1.18. The molecular formula is C70H48N2. The average molecular weight is 917 g/mol. The Kier molecular flexibility index (Phi) is 10.9. The monoisotopic (exact) mass is 916 g/mol. The number of nitrogens with zero attached hydrogens (tertiary/aromatic N) is 2. The molecule has 0 unspecified atom stereocenters. The van der Waals surface area contributed by atoms with Crippen molar-refractivity contribution in [2.24, 2.45) is 0 Å². The summed E-state index contributed by atoms with van der Waals surface area (Å²) in [5.41, 5.74) is 21.1. The first-order chi connectivity index (χ1) is 35.7. The van der Waals surface area contributed by atoms with E-state index >= 15 is 0 Å². The van der Waals surface area contributed by atoms with Gasteiger partial charge in [0.2, 0.25) is 0 Å². The summed E-state index contributed by atoms with van der Waals surface area (Å²) in [6.07, 6.45) is 0. The minimum atomic E-state index is 1.08. The van der Waals surface area contributed by atoms with Gasteiger partial charge in [-0.1, -0.05) is 218 Å². The van der Waals surface area contributed by atoms with Gasteiger partial charge in [-0.2, -0.15) is 0 Å². The van der Waals surface area contributed by atoms with Gasteiger partial charge in [-0.05, 0) is 145 Å². The molecule has 0 aliphatic rings. The topological polar surface area (TPSA) is 8.17 Å². The molecule has 0 radical (unpaired) electrons. The molecule has 0 bridgehead atoms. The molecule has 0 saturated carbocycles. The third-order valence-electron chi connectivity index (χ3n) is 14.2. The van der Waals surface area contributed by atoms with Crippen LogP contribution in [0.3, 0.4) is 0 Å². The Hall–Kier alpha value is -9.50. The van der Waals surface area contributed by atoms with E-state index in [0.29, 0.717) is 0 Å². The van der Waals surface area contributed by atoms with Crippen molar-refractivity contribution in [2.75, 3.05) is 4.90 Å². The van der Waals surface area contributed by atoms with Gasteiger partial charge in [-0.25, -0.2) is 0 Å². The van der Waals surface area contributed by atoms with E-state index in [9.17, 15) is 0 Å². The molecule has 2 heteroatoms. The van der Waals surface area contributed by atoms with Gasteiger partial charge in [0.25, 0.3) is 0 Å². The molecule has 0 aliphatic carbocycles. The van der Waals surface area contributed by atoms with Crippen molar-refractivity contribution in [1.82, 2.24) is 4.57 Å². The number of hydrogen-bond donors (Lipinski definition) is 0. The third kappa shape index (κ3) is 7.92.